The van der Waals surface area contributed by atoms with Crippen LogP contribution < -0.4 is 5.32 Å². The molecule has 0 aromatic carbocycles. The Morgan fingerprint density at radius 3 is 2.53 bits per heavy atom. The molecular formula is C15H26N2OS. The van der Waals surface area contributed by atoms with Crippen LogP contribution in [0.25, 0.3) is 0 Å². The second-order valence-corrected chi connectivity index (χ2v) is 7.46. The molecule has 2 rings (SSSR count). The monoisotopic (exact) mass is 282 g/mol. The van der Waals surface area contributed by atoms with Crippen LogP contribution in [0.5, 0.6) is 0 Å². The molecule has 0 aromatic rings. The van der Waals surface area contributed by atoms with E-state index in [4.69, 9.17) is 4.99 Å². The zero-order chi connectivity index (χ0) is 13.7. The van der Waals surface area contributed by atoms with Gasteiger partial charge in [0.05, 0.1) is 10.8 Å². The Balaban J connectivity index is 1.97. The predicted octanol–water partition coefficient (Wildman–Crippen LogP) is 3.88. The zero-order valence-corrected chi connectivity index (χ0v) is 13.0. The second-order valence-electron chi connectivity index (χ2n) is 5.97. The smallest absolute Gasteiger partial charge is 0.242 e. The first-order valence-electron chi connectivity index (χ1n) is 7.72. The minimum atomic E-state index is -0.296. The fourth-order valence-corrected chi connectivity index (χ4v) is 4.17. The van der Waals surface area contributed by atoms with Crippen molar-refractivity contribution in [1.29, 1.82) is 0 Å². The van der Waals surface area contributed by atoms with Gasteiger partial charge in [0.15, 0.2) is 5.17 Å². The third kappa shape index (κ3) is 3.98. The quantitative estimate of drug-likeness (QED) is 0.853. The minimum absolute atomic E-state index is 0.143. The Morgan fingerprint density at radius 2 is 1.89 bits per heavy atom. The van der Waals surface area contributed by atoms with Gasteiger partial charge in [-0.05, 0) is 26.2 Å². The number of amidine groups is 1. The average Bonchev–Trinajstić information content (AvgIpc) is 2.58. The highest BCUT2D eigenvalue weighted by Gasteiger charge is 2.41. The molecule has 4 heteroatoms. The summed E-state index contributed by atoms with van der Waals surface area (Å²) in [6.07, 6.45) is 11.0. The van der Waals surface area contributed by atoms with Gasteiger partial charge in [0.25, 0.3) is 0 Å². The molecule has 0 aromatic heterocycles. The van der Waals surface area contributed by atoms with Gasteiger partial charge in [0.2, 0.25) is 5.91 Å². The van der Waals surface area contributed by atoms with Crippen molar-refractivity contribution in [2.75, 3.05) is 0 Å². The van der Waals surface area contributed by atoms with E-state index in [1.165, 1.54) is 44.9 Å². The Hall–Kier alpha value is -0.510. The Labute approximate surface area is 121 Å². The lowest BCUT2D eigenvalue weighted by Gasteiger charge is -2.17. The van der Waals surface area contributed by atoms with Crippen molar-refractivity contribution in [2.45, 2.75) is 82.4 Å². The number of nitrogens with zero attached hydrogens (tertiary/aromatic N) is 1. The van der Waals surface area contributed by atoms with Crippen molar-refractivity contribution in [1.82, 2.24) is 5.32 Å². The molecule has 3 nitrogen and oxygen atoms in total. The van der Waals surface area contributed by atoms with Gasteiger partial charge in [-0.25, -0.2) is 0 Å². The molecule has 1 atom stereocenters. The van der Waals surface area contributed by atoms with Crippen LogP contribution in [0.15, 0.2) is 4.99 Å². The van der Waals surface area contributed by atoms with Crippen molar-refractivity contribution < 1.29 is 4.79 Å². The predicted molar refractivity (Wildman–Crippen MR) is 82.6 cm³/mol. The first-order valence-corrected chi connectivity index (χ1v) is 8.54. The number of carbonyl (C=O) groups is 1. The van der Waals surface area contributed by atoms with E-state index in [-0.39, 0.29) is 10.7 Å². The van der Waals surface area contributed by atoms with Gasteiger partial charge >= 0.3 is 0 Å². The molecule has 1 amide bonds. The lowest BCUT2D eigenvalue weighted by Crippen LogP contribution is -2.33. The van der Waals surface area contributed by atoms with Crippen molar-refractivity contribution in [3.8, 4) is 0 Å². The van der Waals surface area contributed by atoms with E-state index in [1.807, 2.05) is 6.92 Å². The average molecular weight is 282 g/mol. The summed E-state index contributed by atoms with van der Waals surface area (Å²) in [5, 5.41) is 3.85. The molecule has 0 bridgehead atoms. The van der Waals surface area contributed by atoms with E-state index in [0.29, 0.717) is 6.04 Å². The Bertz CT molecular complexity index is 348. The fraction of sp³-hybridized carbons (Fsp3) is 0.867. The molecule has 1 saturated carbocycles. The fourth-order valence-electron chi connectivity index (χ4n) is 2.94. The lowest BCUT2D eigenvalue weighted by atomic mass is 9.97. The van der Waals surface area contributed by atoms with Gasteiger partial charge in [-0.1, -0.05) is 57.2 Å². The number of aliphatic imine (C=N–C) groups is 1. The summed E-state index contributed by atoms with van der Waals surface area (Å²) in [7, 11) is 0. The number of thioether (sulfide) groups is 1. The van der Waals surface area contributed by atoms with Crippen molar-refractivity contribution >= 4 is 22.8 Å². The van der Waals surface area contributed by atoms with E-state index >= 15 is 0 Å². The number of nitrogens with one attached hydrogen (secondary N) is 1. The molecule has 1 N–H and O–H groups in total. The van der Waals surface area contributed by atoms with Gasteiger partial charge in [0.1, 0.15) is 0 Å². The SMILES string of the molecule is CCC[C@]1(C)SC(=NC2CCCCCCC2)NC1=O. The first-order chi connectivity index (χ1) is 9.14. The van der Waals surface area contributed by atoms with Crippen LogP contribution in [0.2, 0.25) is 0 Å². The molecule has 2 aliphatic rings. The topological polar surface area (TPSA) is 41.5 Å². The highest BCUT2D eigenvalue weighted by molar-refractivity contribution is 8.16. The Kier molecular flexibility index (Phi) is 5.31. The van der Waals surface area contributed by atoms with Crippen molar-refractivity contribution in [3.05, 3.63) is 0 Å². The summed E-state index contributed by atoms with van der Waals surface area (Å²) in [5.41, 5.74) is 0. The molecule has 0 spiro atoms. The molecule has 108 valence electrons. The highest BCUT2D eigenvalue weighted by Crippen LogP contribution is 2.36. The van der Waals surface area contributed by atoms with Gasteiger partial charge in [-0.15, -0.1) is 0 Å². The summed E-state index contributed by atoms with van der Waals surface area (Å²) in [4.78, 5) is 16.9. The molecule has 0 radical (unpaired) electrons. The van der Waals surface area contributed by atoms with Crippen LogP contribution in [0.1, 0.15) is 71.6 Å². The standard InChI is InChI=1S/C15H26N2OS/c1-3-11-15(2)13(18)17-14(19-15)16-12-9-7-5-4-6-8-10-12/h12H,3-11H2,1-2H3,(H,16,17,18)/t15-/m0/s1. The molecule has 1 heterocycles. The summed E-state index contributed by atoms with van der Waals surface area (Å²) < 4.78 is -0.296. The molecule has 1 aliphatic carbocycles. The van der Waals surface area contributed by atoms with Crippen LogP contribution in [0.4, 0.5) is 0 Å². The Morgan fingerprint density at radius 1 is 1.26 bits per heavy atom. The van der Waals surface area contributed by atoms with Gasteiger partial charge in [-0.3, -0.25) is 9.79 Å². The third-order valence-corrected chi connectivity index (χ3v) is 5.37. The number of rotatable bonds is 3. The maximum absolute atomic E-state index is 12.0. The summed E-state index contributed by atoms with van der Waals surface area (Å²) >= 11 is 1.64. The number of hydrogen-bond acceptors (Lipinski definition) is 3. The molecule has 1 aliphatic heterocycles. The van der Waals surface area contributed by atoms with E-state index in [1.54, 1.807) is 11.8 Å². The van der Waals surface area contributed by atoms with Crippen LogP contribution >= 0.6 is 11.8 Å². The summed E-state index contributed by atoms with van der Waals surface area (Å²) in [6, 6.07) is 0.423. The second kappa shape index (κ2) is 6.78. The van der Waals surface area contributed by atoms with Crippen LogP contribution in [0.3, 0.4) is 0 Å². The normalized spacial score (nSPS) is 32.1. The van der Waals surface area contributed by atoms with E-state index in [2.05, 4.69) is 12.2 Å². The lowest BCUT2D eigenvalue weighted by molar-refractivity contribution is -0.121. The maximum atomic E-state index is 12.0. The third-order valence-electron chi connectivity index (χ3n) is 4.12. The molecule has 0 unspecified atom stereocenters. The van der Waals surface area contributed by atoms with Crippen LogP contribution in [-0.2, 0) is 4.79 Å². The summed E-state index contributed by atoms with van der Waals surface area (Å²) in [6.45, 7) is 4.17. The van der Waals surface area contributed by atoms with Crippen LogP contribution in [0, 0.1) is 0 Å². The highest BCUT2D eigenvalue weighted by atomic mass is 32.2. The van der Waals surface area contributed by atoms with E-state index in [9.17, 15) is 4.79 Å². The van der Waals surface area contributed by atoms with E-state index < -0.39 is 0 Å². The van der Waals surface area contributed by atoms with Crippen molar-refractivity contribution in [2.24, 2.45) is 4.99 Å². The molecule has 1 saturated heterocycles. The molecular weight excluding hydrogens is 256 g/mol. The number of amides is 1. The first kappa shape index (κ1) is 14.9. The van der Waals surface area contributed by atoms with Crippen LogP contribution in [-0.4, -0.2) is 21.9 Å². The summed E-state index contributed by atoms with van der Waals surface area (Å²) in [5.74, 6) is 0.143. The largest absolute Gasteiger partial charge is 0.304 e. The van der Waals surface area contributed by atoms with Gasteiger partial charge in [0, 0.05) is 0 Å². The van der Waals surface area contributed by atoms with Crippen molar-refractivity contribution in [3.63, 3.8) is 0 Å². The number of hydrogen-bond donors (Lipinski definition) is 1. The van der Waals surface area contributed by atoms with Gasteiger partial charge < -0.3 is 5.32 Å². The van der Waals surface area contributed by atoms with E-state index in [0.717, 1.165) is 18.0 Å². The zero-order valence-electron chi connectivity index (χ0n) is 12.2. The maximum Gasteiger partial charge on any atom is 0.242 e. The number of carbonyl (C=O) groups excluding carboxylic acids is 1. The van der Waals surface area contributed by atoms with Gasteiger partial charge in [-0.2, -0.15) is 0 Å². The molecule has 19 heavy (non-hydrogen) atoms. The molecule has 2 fully saturated rings. The minimum Gasteiger partial charge on any atom is -0.304 e.